The van der Waals surface area contributed by atoms with Gasteiger partial charge >= 0.3 is 6.09 Å². The molecule has 2 aromatic carbocycles. The van der Waals surface area contributed by atoms with Gasteiger partial charge in [-0.1, -0.05) is 48.5 Å². The fourth-order valence-electron chi connectivity index (χ4n) is 3.35. The lowest BCUT2D eigenvalue weighted by molar-refractivity contribution is 0.0504. The van der Waals surface area contributed by atoms with Gasteiger partial charge in [0.25, 0.3) is 0 Å². The van der Waals surface area contributed by atoms with Gasteiger partial charge in [0.1, 0.15) is 5.60 Å². The Bertz CT molecular complexity index is 907. The fraction of sp³-hybridized carbons (Fsp3) is 0.348. The molecule has 0 fully saturated rings. The third kappa shape index (κ3) is 5.13. The minimum Gasteiger partial charge on any atom is -0.444 e. The number of carbonyl (C=O) groups excluding carboxylic acids is 1. The molecule has 1 amide bonds. The third-order valence-electron chi connectivity index (χ3n) is 4.52. The Morgan fingerprint density at radius 2 is 1.81 bits per heavy atom. The summed E-state index contributed by atoms with van der Waals surface area (Å²) in [7, 11) is 0. The summed E-state index contributed by atoms with van der Waals surface area (Å²) in [6.07, 6.45) is 3.15. The van der Waals surface area contributed by atoms with Gasteiger partial charge in [-0.2, -0.15) is 0 Å². The Labute approximate surface area is 160 Å². The van der Waals surface area contributed by atoms with Crippen molar-refractivity contribution in [3.8, 4) is 0 Å². The highest BCUT2D eigenvalue weighted by Gasteiger charge is 2.21. The van der Waals surface area contributed by atoms with Crippen LogP contribution in [0.25, 0.3) is 10.9 Å². The summed E-state index contributed by atoms with van der Waals surface area (Å²) in [5, 5.41) is 4.27. The molecule has 4 heteroatoms. The second-order valence-electron chi connectivity index (χ2n) is 8.05. The second-order valence-corrected chi connectivity index (χ2v) is 8.05. The Morgan fingerprint density at radius 1 is 1.07 bits per heavy atom. The van der Waals surface area contributed by atoms with E-state index in [1.54, 1.807) is 0 Å². The molecule has 0 aliphatic carbocycles. The van der Waals surface area contributed by atoms with E-state index in [1.165, 1.54) is 22.1 Å². The molecule has 3 aromatic rings. The first-order valence-corrected chi connectivity index (χ1v) is 9.41. The van der Waals surface area contributed by atoms with E-state index in [1.807, 2.05) is 45.2 Å². The number of rotatable bonds is 5. The second kappa shape index (κ2) is 7.87. The lowest BCUT2D eigenvalue weighted by Gasteiger charge is -2.24. The van der Waals surface area contributed by atoms with Crippen molar-refractivity contribution in [1.29, 1.82) is 0 Å². The molecule has 1 unspecified atom stereocenters. The Balaban J connectivity index is 1.82. The number of hydrogen-bond donors (Lipinski definition) is 2. The maximum Gasteiger partial charge on any atom is 0.407 e. The number of para-hydroxylation sites is 1. The highest BCUT2D eigenvalue weighted by molar-refractivity contribution is 5.86. The van der Waals surface area contributed by atoms with Gasteiger partial charge in [-0.05, 0) is 57.2 Å². The van der Waals surface area contributed by atoms with Crippen molar-refractivity contribution < 1.29 is 9.53 Å². The molecule has 1 heterocycles. The molecule has 142 valence electrons. The van der Waals surface area contributed by atoms with Crippen molar-refractivity contribution in [3.05, 3.63) is 71.4 Å². The van der Waals surface area contributed by atoms with E-state index in [-0.39, 0.29) is 12.1 Å². The highest BCUT2D eigenvalue weighted by atomic mass is 16.6. The SMILES string of the molecule is Cc1cccc2c(CC(Cc3ccccc3)NC(=O)OC(C)(C)C)c[nH]c12. The maximum atomic E-state index is 12.4. The molecule has 4 nitrogen and oxygen atoms in total. The number of fused-ring (bicyclic) bond motifs is 1. The number of carbonyl (C=O) groups is 1. The third-order valence-corrected chi connectivity index (χ3v) is 4.52. The number of aromatic amines is 1. The lowest BCUT2D eigenvalue weighted by Crippen LogP contribution is -2.41. The summed E-state index contributed by atoms with van der Waals surface area (Å²) in [4.78, 5) is 15.7. The van der Waals surface area contributed by atoms with Crippen LogP contribution in [0.5, 0.6) is 0 Å². The summed E-state index contributed by atoms with van der Waals surface area (Å²) in [6.45, 7) is 7.73. The van der Waals surface area contributed by atoms with Crippen LogP contribution in [0.3, 0.4) is 0 Å². The molecule has 1 aromatic heterocycles. The zero-order chi connectivity index (χ0) is 19.4. The number of H-pyrrole nitrogens is 1. The largest absolute Gasteiger partial charge is 0.444 e. The Kier molecular flexibility index (Phi) is 5.54. The Hall–Kier alpha value is -2.75. The summed E-state index contributed by atoms with van der Waals surface area (Å²) in [6, 6.07) is 16.5. The van der Waals surface area contributed by atoms with Gasteiger partial charge in [0, 0.05) is 23.1 Å². The zero-order valence-corrected chi connectivity index (χ0v) is 16.5. The average molecular weight is 364 g/mol. The number of ether oxygens (including phenoxy) is 1. The first-order valence-electron chi connectivity index (χ1n) is 9.41. The number of nitrogens with one attached hydrogen (secondary N) is 2. The van der Waals surface area contributed by atoms with Crippen LogP contribution in [0.2, 0.25) is 0 Å². The van der Waals surface area contributed by atoms with Crippen LogP contribution in [0.1, 0.15) is 37.5 Å². The van der Waals surface area contributed by atoms with E-state index in [2.05, 4.69) is 47.6 Å². The molecule has 0 saturated heterocycles. The summed E-state index contributed by atoms with van der Waals surface area (Å²) in [5.41, 5.74) is 4.25. The van der Waals surface area contributed by atoms with Crippen LogP contribution < -0.4 is 5.32 Å². The smallest absolute Gasteiger partial charge is 0.407 e. The molecule has 0 bridgehead atoms. The van der Waals surface area contributed by atoms with E-state index in [0.717, 1.165) is 18.4 Å². The number of amides is 1. The normalized spacial score (nSPS) is 12.7. The van der Waals surface area contributed by atoms with Crippen molar-refractivity contribution in [1.82, 2.24) is 10.3 Å². The molecule has 0 saturated carbocycles. The van der Waals surface area contributed by atoms with Crippen molar-refractivity contribution >= 4 is 17.0 Å². The van der Waals surface area contributed by atoms with Gasteiger partial charge in [0.15, 0.2) is 0 Å². The topological polar surface area (TPSA) is 54.1 Å². The van der Waals surface area contributed by atoms with Gasteiger partial charge in [-0.15, -0.1) is 0 Å². The van der Waals surface area contributed by atoms with Gasteiger partial charge in [-0.3, -0.25) is 0 Å². The van der Waals surface area contributed by atoms with Crippen molar-refractivity contribution in [2.75, 3.05) is 0 Å². The van der Waals surface area contributed by atoms with E-state index in [0.29, 0.717) is 0 Å². The van der Waals surface area contributed by atoms with Crippen LogP contribution in [0, 0.1) is 6.92 Å². The minimum absolute atomic E-state index is 0.0539. The fourth-order valence-corrected chi connectivity index (χ4v) is 3.35. The summed E-state index contributed by atoms with van der Waals surface area (Å²) >= 11 is 0. The van der Waals surface area contributed by atoms with E-state index in [4.69, 9.17) is 4.74 Å². The summed E-state index contributed by atoms with van der Waals surface area (Å²) in [5.74, 6) is 0. The predicted octanol–water partition coefficient (Wildman–Crippen LogP) is 5.15. The molecule has 2 N–H and O–H groups in total. The van der Waals surface area contributed by atoms with Gasteiger partial charge in [0.05, 0.1) is 0 Å². The van der Waals surface area contributed by atoms with Crippen LogP contribution in [0.15, 0.2) is 54.7 Å². The van der Waals surface area contributed by atoms with Crippen molar-refractivity contribution in [2.45, 2.75) is 52.2 Å². The zero-order valence-electron chi connectivity index (χ0n) is 16.5. The molecule has 0 aliphatic heterocycles. The lowest BCUT2D eigenvalue weighted by atomic mass is 9.98. The molecule has 0 aliphatic rings. The molecule has 3 rings (SSSR count). The monoisotopic (exact) mass is 364 g/mol. The van der Waals surface area contributed by atoms with Crippen LogP contribution >= 0.6 is 0 Å². The number of benzene rings is 2. The van der Waals surface area contributed by atoms with Crippen molar-refractivity contribution in [3.63, 3.8) is 0 Å². The van der Waals surface area contributed by atoms with Crippen molar-refractivity contribution in [2.24, 2.45) is 0 Å². The van der Waals surface area contributed by atoms with Gasteiger partial charge in [-0.25, -0.2) is 4.79 Å². The standard InChI is InChI=1S/C23H28N2O2/c1-16-9-8-12-20-18(15-24-21(16)20)14-19(13-17-10-6-5-7-11-17)25-22(26)27-23(2,3)4/h5-12,15,19,24H,13-14H2,1-4H3,(H,25,26). The molecular formula is C23H28N2O2. The van der Waals surface area contributed by atoms with Crippen LogP contribution in [-0.4, -0.2) is 22.7 Å². The van der Waals surface area contributed by atoms with Crippen LogP contribution in [0.4, 0.5) is 4.79 Å². The van der Waals surface area contributed by atoms with E-state index >= 15 is 0 Å². The number of alkyl carbamates (subject to hydrolysis) is 1. The molecule has 0 radical (unpaired) electrons. The van der Waals surface area contributed by atoms with Crippen LogP contribution in [-0.2, 0) is 17.6 Å². The van der Waals surface area contributed by atoms with Gasteiger partial charge in [0.2, 0.25) is 0 Å². The van der Waals surface area contributed by atoms with E-state index < -0.39 is 5.60 Å². The maximum absolute atomic E-state index is 12.4. The number of aryl methyl sites for hydroxylation is 1. The molecule has 1 atom stereocenters. The van der Waals surface area contributed by atoms with Gasteiger partial charge < -0.3 is 15.0 Å². The highest BCUT2D eigenvalue weighted by Crippen LogP contribution is 2.23. The Morgan fingerprint density at radius 3 is 2.52 bits per heavy atom. The predicted molar refractivity (Wildman–Crippen MR) is 110 cm³/mol. The quantitative estimate of drug-likeness (QED) is 0.657. The average Bonchev–Trinajstić information content (AvgIpc) is 2.98. The minimum atomic E-state index is -0.515. The van der Waals surface area contributed by atoms with E-state index in [9.17, 15) is 4.79 Å². The molecule has 27 heavy (non-hydrogen) atoms. The first-order chi connectivity index (χ1) is 12.8. The first kappa shape index (κ1) is 19.0. The number of hydrogen-bond acceptors (Lipinski definition) is 2. The number of aromatic nitrogens is 1. The molecular weight excluding hydrogens is 336 g/mol. The summed E-state index contributed by atoms with van der Waals surface area (Å²) < 4.78 is 5.47. The molecule has 0 spiro atoms.